The largest absolute Gasteiger partial charge is 0.383 e. The van der Waals surface area contributed by atoms with Gasteiger partial charge in [0.2, 0.25) is 0 Å². The summed E-state index contributed by atoms with van der Waals surface area (Å²) in [5.74, 6) is 0.618. The van der Waals surface area contributed by atoms with E-state index in [1.807, 2.05) is 6.20 Å². The number of likely N-dealkylation sites (N-methyl/N-ethyl adjacent to an activating group) is 1. The highest BCUT2D eigenvalue weighted by Gasteiger charge is 2.42. The molecule has 0 saturated carbocycles. The second-order valence-electron chi connectivity index (χ2n) is 7.99. The minimum Gasteiger partial charge on any atom is -0.383 e. The van der Waals surface area contributed by atoms with Gasteiger partial charge < -0.3 is 16.0 Å². The van der Waals surface area contributed by atoms with E-state index in [0.29, 0.717) is 5.82 Å². The lowest BCUT2D eigenvalue weighted by Crippen LogP contribution is -2.25. The van der Waals surface area contributed by atoms with Crippen molar-refractivity contribution in [1.82, 2.24) is 25.0 Å². The Kier molecular flexibility index (Phi) is 4.74. The lowest BCUT2D eigenvalue weighted by atomic mass is 9.82. The number of pyridine rings is 1. The zero-order chi connectivity index (χ0) is 17.7. The molecule has 0 aliphatic carbocycles. The van der Waals surface area contributed by atoms with Gasteiger partial charge in [-0.3, -0.25) is 4.68 Å². The Balaban J connectivity index is 0.00000180. The maximum atomic E-state index is 6.20. The second kappa shape index (κ2) is 6.93. The summed E-state index contributed by atoms with van der Waals surface area (Å²) in [6.45, 7) is 5.22. The molecule has 1 saturated heterocycles. The number of aromatic nitrogens is 3. The molecule has 144 valence electrons. The van der Waals surface area contributed by atoms with Crippen LogP contribution in [0.3, 0.4) is 0 Å². The lowest BCUT2D eigenvalue weighted by molar-refractivity contribution is 0.370. The van der Waals surface area contributed by atoms with Crippen molar-refractivity contribution in [2.45, 2.75) is 31.2 Å². The first kappa shape index (κ1) is 18.5. The molecule has 3 aliphatic heterocycles. The molecule has 5 rings (SSSR count). The summed E-state index contributed by atoms with van der Waals surface area (Å²) in [5.41, 5.74) is 12.3. The van der Waals surface area contributed by atoms with Crippen molar-refractivity contribution in [3.63, 3.8) is 0 Å². The van der Waals surface area contributed by atoms with Gasteiger partial charge in [-0.2, -0.15) is 5.10 Å². The highest BCUT2D eigenvalue weighted by Crippen LogP contribution is 2.41. The van der Waals surface area contributed by atoms with Gasteiger partial charge in [0.1, 0.15) is 5.82 Å². The van der Waals surface area contributed by atoms with Crippen LogP contribution in [0.25, 0.3) is 16.8 Å². The Bertz CT molecular complexity index is 881. The second-order valence-corrected chi connectivity index (χ2v) is 7.99. The summed E-state index contributed by atoms with van der Waals surface area (Å²) < 4.78 is 2.20. The number of anilines is 1. The molecule has 27 heavy (non-hydrogen) atoms. The molecule has 0 bridgehead atoms. The van der Waals surface area contributed by atoms with Crippen molar-refractivity contribution in [2.24, 2.45) is 0 Å². The van der Waals surface area contributed by atoms with Crippen molar-refractivity contribution in [3.05, 3.63) is 35.7 Å². The molecule has 5 heterocycles. The Morgan fingerprint density at radius 1 is 1.22 bits per heavy atom. The first-order valence-corrected chi connectivity index (χ1v) is 9.58. The van der Waals surface area contributed by atoms with Gasteiger partial charge in [-0.25, -0.2) is 4.98 Å². The molecule has 1 spiro atoms. The van der Waals surface area contributed by atoms with Crippen molar-refractivity contribution in [3.8, 4) is 11.3 Å². The molecule has 3 N–H and O–H groups in total. The number of nitrogen functional groups attached to an aromatic ring is 1. The minimum absolute atomic E-state index is 0. The molecule has 0 amide bonds. The number of nitrogens with zero attached hydrogens (tertiary/aromatic N) is 4. The van der Waals surface area contributed by atoms with Gasteiger partial charge in [-0.1, -0.05) is 6.08 Å². The fourth-order valence-corrected chi connectivity index (χ4v) is 4.67. The molecule has 1 atom stereocenters. The van der Waals surface area contributed by atoms with E-state index in [4.69, 9.17) is 10.8 Å². The van der Waals surface area contributed by atoms with Crippen LogP contribution in [0.4, 0.5) is 5.82 Å². The Morgan fingerprint density at radius 3 is 2.85 bits per heavy atom. The normalized spacial score (nSPS) is 24.7. The lowest BCUT2D eigenvalue weighted by Gasteiger charge is -2.22. The number of rotatable bonds is 2. The summed E-state index contributed by atoms with van der Waals surface area (Å²) in [6, 6.07) is 4.46. The third kappa shape index (κ3) is 3.06. The minimum atomic E-state index is 0. The third-order valence-corrected chi connectivity index (χ3v) is 6.34. The van der Waals surface area contributed by atoms with Crippen LogP contribution >= 0.6 is 12.4 Å². The third-order valence-electron chi connectivity index (χ3n) is 6.34. The molecule has 1 fully saturated rings. The number of hydrogen-bond donors (Lipinski definition) is 2. The zero-order valence-corrected chi connectivity index (χ0v) is 16.6. The highest BCUT2D eigenvalue weighted by molar-refractivity contribution is 5.85. The number of hydrogen-bond acceptors (Lipinski definition) is 5. The van der Waals surface area contributed by atoms with E-state index in [9.17, 15) is 0 Å². The van der Waals surface area contributed by atoms with Crippen LogP contribution in [-0.4, -0.2) is 52.9 Å². The van der Waals surface area contributed by atoms with Gasteiger partial charge in [-0.05, 0) is 50.6 Å². The van der Waals surface area contributed by atoms with Crippen LogP contribution in [-0.2, 0) is 12.0 Å². The van der Waals surface area contributed by atoms with E-state index >= 15 is 0 Å². The van der Waals surface area contributed by atoms with E-state index in [0.717, 1.165) is 56.0 Å². The van der Waals surface area contributed by atoms with Crippen LogP contribution in [0.15, 0.2) is 24.4 Å². The molecule has 2 aromatic rings. The van der Waals surface area contributed by atoms with E-state index in [1.165, 1.54) is 24.1 Å². The van der Waals surface area contributed by atoms with Gasteiger partial charge in [-0.15, -0.1) is 12.4 Å². The highest BCUT2D eigenvalue weighted by atomic mass is 35.5. The van der Waals surface area contributed by atoms with Crippen LogP contribution < -0.4 is 11.1 Å². The zero-order valence-electron chi connectivity index (χ0n) is 15.7. The quantitative estimate of drug-likeness (QED) is 0.828. The van der Waals surface area contributed by atoms with E-state index in [2.05, 4.69) is 45.1 Å². The number of halogens is 1. The average Bonchev–Trinajstić information content (AvgIpc) is 3.36. The maximum absolute atomic E-state index is 6.20. The van der Waals surface area contributed by atoms with Crippen molar-refractivity contribution >= 4 is 23.8 Å². The number of aryl methyl sites for hydroxylation is 1. The Morgan fingerprint density at radius 2 is 2.11 bits per heavy atom. The SMILES string of the molecule is CN1CC=C(c2cc(-c3cc4n(n3)CCC43CCNC3)cnc2N)CC1.Cl. The Hall–Kier alpha value is -1.89. The van der Waals surface area contributed by atoms with E-state index in [-0.39, 0.29) is 17.8 Å². The fraction of sp³-hybridized carbons (Fsp3) is 0.500. The van der Waals surface area contributed by atoms with E-state index < -0.39 is 0 Å². The summed E-state index contributed by atoms with van der Waals surface area (Å²) >= 11 is 0. The molecule has 0 aromatic carbocycles. The number of fused-ring (bicyclic) bond motifs is 2. The molecule has 1 unspecified atom stereocenters. The molecule has 3 aliphatic rings. The summed E-state index contributed by atoms with van der Waals surface area (Å²) in [4.78, 5) is 6.79. The predicted octanol–water partition coefficient (Wildman–Crippen LogP) is 2.30. The molecular formula is C20H27ClN6. The summed E-state index contributed by atoms with van der Waals surface area (Å²) in [6.07, 6.45) is 7.57. The first-order valence-electron chi connectivity index (χ1n) is 9.58. The van der Waals surface area contributed by atoms with Gasteiger partial charge in [0.05, 0.1) is 5.69 Å². The average molecular weight is 387 g/mol. The van der Waals surface area contributed by atoms with Crippen molar-refractivity contribution in [1.29, 1.82) is 0 Å². The maximum Gasteiger partial charge on any atom is 0.130 e. The number of nitrogens with one attached hydrogen (secondary N) is 1. The standard InChI is InChI=1S/C20H26N6.ClH/c1-25-7-2-14(3-8-25)16-10-15(12-23-19(16)21)17-11-18-20(4-6-22-13-20)5-9-26(18)24-17;/h2,10-12,22H,3-9,13H2,1H3,(H2,21,23);1H. The summed E-state index contributed by atoms with van der Waals surface area (Å²) in [7, 11) is 2.14. The van der Waals surface area contributed by atoms with Crippen molar-refractivity contribution < 1.29 is 0 Å². The van der Waals surface area contributed by atoms with Gasteiger partial charge in [0, 0.05) is 54.6 Å². The molecule has 6 nitrogen and oxygen atoms in total. The molecule has 2 aromatic heterocycles. The van der Waals surface area contributed by atoms with Gasteiger partial charge in [0.15, 0.2) is 0 Å². The van der Waals surface area contributed by atoms with Crippen LogP contribution in [0, 0.1) is 0 Å². The van der Waals surface area contributed by atoms with Crippen LogP contribution in [0.5, 0.6) is 0 Å². The smallest absolute Gasteiger partial charge is 0.130 e. The molecule has 7 heteroatoms. The van der Waals surface area contributed by atoms with Crippen LogP contribution in [0.1, 0.15) is 30.5 Å². The monoisotopic (exact) mass is 386 g/mol. The van der Waals surface area contributed by atoms with Crippen molar-refractivity contribution in [2.75, 3.05) is 39.0 Å². The summed E-state index contributed by atoms with van der Waals surface area (Å²) in [5, 5.41) is 8.41. The Labute approximate surface area is 166 Å². The number of nitrogens with two attached hydrogens (primary N) is 1. The fourth-order valence-electron chi connectivity index (χ4n) is 4.67. The van der Waals surface area contributed by atoms with E-state index in [1.54, 1.807) is 0 Å². The molecule has 0 radical (unpaired) electrons. The molecular weight excluding hydrogens is 360 g/mol. The van der Waals surface area contributed by atoms with Gasteiger partial charge in [0.25, 0.3) is 0 Å². The topological polar surface area (TPSA) is 72.0 Å². The van der Waals surface area contributed by atoms with Gasteiger partial charge >= 0.3 is 0 Å². The van der Waals surface area contributed by atoms with Crippen LogP contribution in [0.2, 0.25) is 0 Å². The predicted molar refractivity (Wildman–Crippen MR) is 111 cm³/mol. The first-order chi connectivity index (χ1) is 12.6.